The molecule has 0 aromatic heterocycles. The summed E-state index contributed by atoms with van der Waals surface area (Å²) in [6.07, 6.45) is 1.13. The van der Waals surface area contributed by atoms with Gasteiger partial charge in [0, 0.05) is 6.54 Å². The third-order valence-electron chi connectivity index (χ3n) is 2.80. The van der Waals surface area contributed by atoms with Gasteiger partial charge in [-0.3, -0.25) is 4.79 Å². The van der Waals surface area contributed by atoms with Gasteiger partial charge in [-0.2, -0.15) is 0 Å². The van der Waals surface area contributed by atoms with E-state index in [1.54, 1.807) is 13.0 Å². The number of carbonyl (C=O) groups is 1. The third-order valence-corrected chi connectivity index (χ3v) is 2.80. The Morgan fingerprint density at radius 2 is 2.16 bits per heavy atom. The first-order valence-electron chi connectivity index (χ1n) is 6.50. The Morgan fingerprint density at radius 3 is 2.74 bits per heavy atom. The molecule has 1 N–H and O–H groups in total. The van der Waals surface area contributed by atoms with Crippen molar-refractivity contribution in [1.29, 1.82) is 0 Å². The van der Waals surface area contributed by atoms with Gasteiger partial charge in [0.1, 0.15) is 5.75 Å². The first-order valence-corrected chi connectivity index (χ1v) is 6.50. The zero-order valence-electron chi connectivity index (χ0n) is 12.2. The van der Waals surface area contributed by atoms with E-state index in [2.05, 4.69) is 38.7 Å². The van der Waals surface area contributed by atoms with Crippen LogP contribution >= 0.6 is 0 Å². The summed E-state index contributed by atoms with van der Waals surface area (Å²) in [5.74, 6) is 0.578. The largest absolute Gasteiger partial charge is 0.481 e. The summed E-state index contributed by atoms with van der Waals surface area (Å²) < 4.78 is 5.66. The number of amides is 1. The second-order valence-corrected chi connectivity index (χ2v) is 5.57. The molecule has 1 rings (SSSR count). The summed E-state index contributed by atoms with van der Waals surface area (Å²) in [5.41, 5.74) is 1.25. The summed E-state index contributed by atoms with van der Waals surface area (Å²) in [4.78, 5) is 11.7. The van der Waals surface area contributed by atoms with Crippen molar-refractivity contribution in [3.63, 3.8) is 0 Å². The van der Waals surface area contributed by atoms with E-state index in [0.29, 0.717) is 12.3 Å². The number of benzene rings is 1. The lowest BCUT2D eigenvalue weighted by atomic mass is 9.87. The van der Waals surface area contributed by atoms with E-state index in [1.807, 2.05) is 18.2 Å². The van der Waals surface area contributed by atoms with Crippen LogP contribution in [0.5, 0.6) is 5.75 Å². The Balaban J connectivity index is 2.72. The number of hydrogen-bond donors (Lipinski definition) is 1. The predicted molar refractivity (Wildman–Crippen MR) is 78.4 cm³/mol. The highest BCUT2D eigenvalue weighted by molar-refractivity contribution is 5.80. The summed E-state index contributed by atoms with van der Waals surface area (Å²) in [5, 5.41) is 2.72. The van der Waals surface area contributed by atoms with Crippen molar-refractivity contribution >= 4 is 5.91 Å². The van der Waals surface area contributed by atoms with Crippen LogP contribution in [0.15, 0.2) is 36.9 Å². The third kappa shape index (κ3) is 4.78. The lowest BCUT2D eigenvalue weighted by molar-refractivity contribution is -0.127. The number of rotatable bonds is 5. The molecule has 0 spiro atoms. The summed E-state index contributed by atoms with van der Waals surface area (Å²) in [6.45, 7) is 12.2. The summed E-state index contributed by atoms with van der Waals surface area (Å²) in [6, 6.07) is 7.86. The zero-order valence-corrected chi connectivity index (χ0v) is 12.2. The minimum atomic E-state index is -0.518. The molecule has 104 valence electrons. The molecule has 0 saturated carbocycles. The van der Waals surface area contributed by atoms with Crippen LogP contribution in [-0.4, -0.2) is 18.6 Å². The minimum Gasteiger partial charge on any atom is -0.481 e. The maximum Gasteiger partial charge on any atom is 0.261 e. The monoisotopic (exact) mass is 261 g/mol. The Bertz CT molecular complexity index is 446. The Labute approximate surface area is 115 Å². The highest BCUT2D eigenvalue weighted by Crippen LogP contribution is 2.25. The molecular weight excluding hydrogens is 238 g/mol. The van der Waals surface area contributed by atoms with Crippen LogP contribution in [0.3, 0.4) is 0 Å². The Morgan fingerprint density at radius 1 is 1.47 bits per heavy atom. The molecule has 1 amide bonds. The number of ether oxygens (including phenoxy) is 1. The van der Waals surface area contributed by atoms with Crippen molar-refractivity contribution in [1.82, 2.24) is 5.32 Å². The van der Waals surface area contributed by atoms with Gasteiger partial charge in [0.15, 0.2) is 6.10 Å². The summed E-state index contributed by atoms with van der Waals surface area (Å²) in [7, 11) is 0. The number of carbonyl (C=O) groups excluding carboxylic acids is 1. The molecule has 0 aliphatic carbocycles. The van der Waals surface area contributed by atoms with Crippen molar-refractivity contribution in [2.75, 3.05) is 6.54 Å². The molecule has 0 bridgehead atoms. The molecule has 1 aromatic rings. The fourth-order valence-electron chi connectivity index (χ4n) is 1.61. The van der Waals surface area contributed by atoms with Crippen molar-refractivity contribution in [2.24, 2.45) is 0 Å². The molecule has 0 radical (unpaired) electrons. The van der Waals surface area contributed by atoms with E-state index in [1.165, 1.54) is 5.56 Å². The highest BCUT2D eigenvalue weighted by atomic mass is 16.5. The Kier molecular flexibility index (Phi) is 5.16. The standard InChI is InChI=1S/C16H23NO2/c1-6-10-17-15(18)12(2)19-14-9-7-8-13(11-14)16(3,4)5/h6-9,11-12H,1,10H2,2-5H3,(H,17,18). The van der Waals surface area contributed by atoms with Gasteiger partial charge in [-0.1, -0.05) is 39.0 Å². The van der Waals surface area contributed by atoms with E-state index in [0.717, 1.165) is 0 Å². The average molecular weight is 261 g/mol. The maximum absolute atomic E-state index is 11.7. The fourth-order valence-corrected chi connectivity index (χ4v) is 1.61. The van der Waals surface area contributed by atoms with E-state index >= 15 is 0 Å². The molecule has 1 atom stereocenters. The SMILES string of the molecule is C=CCNC(=O)C(C)Oc1cccc(C(C)(C)C)c1. The molecule has 0 aliphatic rings. The van der Waals surface area contributed by atoms with Gasteiger partial charge < -0.3 is 10.1 Å². The molecule has 3 heteroatoms. The summed E-state index contributed by atoms with van der Waals surface area (Å²) >= 11 is 0. The van der Waals surface area contributed by atoms with Crippen LogP contribution in [-0.2, 0) is 10.2 Å². The topological polar surface area (TPSA) is 38.3 Å². The van der Waals surface area contributed by atoms with Crippen LogP contribution in [0.4, 0.5) is 0 Å². The van der Waals surface area contributed by atoms with Crippen LogP contribution in [0.25, 0.3) is 0 Å². The minimum absolute atomic E-state index is 0.0632. The highest BCUT2D eigenvalue weighted by Gasteiger charge is 2.17. The zero-order chi connectivity index (χ0) is 14.5. The van der Waals surface area contributed by atoms with Gasteiger partial charge in [-0.05, 0) is 30.0 Å². The molecule has 3 nitrogen and oxygen atoms in total. The number of nitrogens with one attached hydrogen (secondary N) is 1. The van der Waals surface area contributed by atoms with Gasteiger partial charge in [0.2, 0.25) is 0 Å². The van der Waals surface area contributed by atoms with Gasteiger partial charge in [-0.25, -0.2) is 0 Å². The number of hydrogen-bond acceptors (Lipinski definition) is 2. The van der Waals surface area contributed by atoms with Crippen LogP contribution < -0.4 is 10.1 Å². The molecule has 1 aromatic carbocycles. The molecule has 0 saturated heterocycles. The van der Waals surface area contributed by atoms with Crippen molar-refractivity contribution in [3.8, 4) is 5.75 Å². The van der Waals surface area contributed by atoms with Crippen molar-refractivity contribution in [2.45, 2.75) is 39.2 Å². The van der Waals surface area contributed by atoms with Gasteiger partial charge in [0.25, 0.3) is 5.91 Å². The maximum atomic E-state index is 11.7. The molecule has 1 unspecified atom stereocenters. The first-order chi connectivity index (χ1) is 8.84. The first kappa shape index (κ1) is 15.3. The van der Waals surface area contributed by atoms with Crippen LogP contribution in [0.2, 0.25) is 0 Å². The molecule has 19 heavy (non-hydrogen) atoms. The lowest BCUT2D eigenvalue weighted by Crippen LogP contribution is -2.36. The fraction of sp³-hybridized carbons (Fsp3) is 0.438. The van der Waals surface area contributed by atoms with E-state index in [-0.39, 0.29) is 11.3 Å². The van der Waals surface area contributed by atoms with Gasteiger partial charge in [0.05, 0.1) is 0 Å². The normalized spacial score (nSPS) is 12.6. The second-order valence-electron chi connectivity index (χ2n) is 5.57. The molecule has 0 heterocycles. The van der Waals surface area contributed by atoms with E-state index in [9.17, 15) is 4.79 Å². The quantitative estimate of drug-likeness (QED) is 0.827. The predicted octanol–water partition coefficient (Wildman–Crippen LogP) is 3.05. The smallest absolute Gasteiger partial charge is 0.261 e. The Hall–Kier alpha value is -1.77. The second kappa shape index (κ2) is 6.41. The molecule has 0 fully saturated rings. The van der Waals surface area contributed by atoms with Crippen molar-refractivity contribution in [3.05, 3.63) is 42.5 Å². The lowest BCUT2D eigenvalue weighted by Gasteiger charge is -2.21. The van der Waals surface area contributed by atoms with Crippen LogP contribution in [0, 0.1) is 0 Å². The van der Waals surface area contributed by atoms with Gasteiger partial charge in [-0.15, -0.1) is 6.58 Å². The van der Waals surface area contributed by atoms with Crippen LogP contribution in [0.1, 0.15) is 33.3 Å². The molecule has 0 aliphatic heterocycles. The van der Waals surface area contributed by atoms with E-state index < -0.39 is 6.10 Å². The average Bonchev–Trinajstić information content (AvgIpc) is 2.35. The van der Waals surface area contributed by atoms with Gasteiger partial charge >= 0.3 is 0 Å². The molecular formula is C16H23NO2. The van der Waals surface area contributed by atoms with Crippen molar-refractivity contribution < 1.29 is 9.53 Å². The van der Waals surface area contributed by atoms with E-state index in [4.69, 9.17) is 4.74 Å².